The molecule has 0 amide bonds. The van der Waals surface area contributed by atoms with Crippen LogP contribution in [0.1, 0.15) is 27.2 Å². The summed E-state index contributed by atoms with van der Waals surface area (Å²) in [5, 5.41) is 0. The van der Waals surface area contributed by atoms with Gasteiger partial charge in [-0.3, -0.25) is 4.79 Å². The van der Waals surface area contributed by atoms with Crippen molar-refractivity contribution in [1.29, 1.82) is 0 Å². The first-order chi connectivity index (χ1) is 9.32. The highest BCUT2D eigenvalue weighted by Crippen LogP contribution is 2.41. The van der Waals surface area contributed by atoms with Crippen LogP contribution < -0.4 is 0 Å². The van der Waals surface area contributed by atoms with Crippen LogP contribution in [0.4, 0.5) is 0 Å². The maximum atomic E-state index is 11.7. The Hall–Kier alpha value is -1.90. The van der Waals surface area contributed by atoms with Crippen molar-refractivity contribution in [3.63, 3.8) is 0 Å². The van der Waals surface area contributed by atoms with Gasteiger partial charge < -0.3 is 4.74 Å². The minimum absolute atomic E-state index is 0.110. The number of ether oxygens (including phenoxy) is 1. The number of carbonyl (C=O) groups is 2. The molecule has 0 aliphatic heterocycles. The molecule has 3 heteroatoms. The molecule has 0 bridgehead atoms. The van der Waals surface area contributed by atoms with E-state index in [0.29, 0.717) is 6.42 Å². The van der Waals surface area contributed by atoms with Crippen molar-refractivity contribution in [3.8, 4) is 0 Å². The number of ketones is 1. The third kappa shape index (κ3) is 3.80. The lowest BCUT2D eigenvalue weighted by Gasteiger charge is -2.36. The van der Waals surface area contributed by atoms with Crippen LogP contribution in [-0.2, 0) is 14.3 Å². The van der Waals surface area contributed by atoms with Gasteiger partial charge in [0, 0.05) is 23.8 Å². The monoisotopic (exact) mass is 274 g/mol. The first-order valence-corrected chi connectivity index (χ1v) is 6.61. The summed E-state index contributed by atoms with van der Waals surface area (Å²) in [4.78, 5) is 22.9. The zero-order chi connectivity index (χ0) is 15.3. The topological polar surface area (TPSA) is 43.4 Å². The summed E-state index contributed by atoms with van der Waals surface area (Å²) in [5.41, 5.74) is 1.55. The molecule has 0 aromatic rings. The zero-order valence-electron chi connectivity index (χ0n) is 12.6. The molecule has 20 heavy (non-hydrogen) atoms. The highest BCUT2D eigenvalue weighted by molar-refractivity contribution is 5.92. The van der Waals surface area contributed by atoms with Gasteiger partial charge in [0.05, 0.1) is 7.11 Å². The van der Waals surface area contributed by atoms with Crippen LogP contribution in [0, 0.1) is 11.3 Å². The van der Waals surface area contributed by atoms with E-state index in [0.717, 1.165) is 11.1 Å². The van der Waals surface area contributed by atoms with E-state index in [1.165, 1.54) is 13.2 Å². The number of allylic oxidation sites excluding steroid dienone is 6. The molecule has 1 rings (SSSR count). The fourth-order valence-electron chi connectivity index (χ4n) is 2.51. The highest BCUT2D eigenvalue weighted by atomic mass is 16.5. The standard InChI is InChI=1S/C17H22O3/c1-6-17(4)11-14(18)10-13(3)15(17)8-7-12(2)9-16(19)20-5/h6-10,15H,1,11H2,2-5H3/b8-7+,12-9-/t15?,17-/m0/s1. The van der Waals surface area contributed by atoms with Gasteiger partial charge in [-0.1, -0.05) is 30.7 Å². The summed E-state index contributed by atoms with van der Waals surface area (Å²) >= 11 is 0. The van der Waals surface area contributed by atoms with Crippen molar-refractivity contribution in [1.82, 2.24) is 0 Å². The van der Waals surface area contributed by atoms with Crippen molar-refractivity contribution >= 4 is 11.8 Å². The fourth-order valence-corrected chi connectivity index (χ4v) is 2.51. The lowest BCUT2D eigenvalue weighted by atomic mass is 9.67. The number of esters is 1. The van der Waals surface area contributed by atoms with Crippen molar-refractivity contribution in [2.45, 2.75) is 27.2 Å². The van der Waals surface area contributed by atoms with E-state index in [1.54, 1.807) is 6.08 Å². The first kappa shape index (κ1) is 16.2. The van der Waals surface area contributed by atoms with E-state index in [9.17, 15) is 9.59 Å². The molecule has 0 saturated heterocycles. The van der Waals surface area contributed by atoms with Gasteiger partial charge in [0.1, 0.15) is 0 Å². The van der Waals surface area contributed by atoms with Crippen LogP contribution in [-0.4, -0.2) is 18.9 Å². The van der Waals surface area contributed by atoms with Crippen LogP contribution in [0.15, 0.2) is 48.1 Å². The normalized spacial score (nSPS) is 27.4. The van der Waals surface area contributed by atoms with Gasteiger partial charge in [0.25, 0.3) is 0 Å². The van der Waals surface area contributed by atoms with Crippen molar-refractivity contribution < 1.29 is 14.3 Å². The van der Waals surface area contributed by atoms with Crippen LogP contribution in [0.3, 0.4) is 0 Å². The Morgan fingerprint density at radius 2 is 2.20 bits per heavy atom. The molecule has 1 aliphatic rings. The van der Waals surface area contributed by atoms with E-state index in [4.69, 9.17) is 0 Å². The number of rotatable bonds is 4. The van der Waals surface area contributed by atoms with Gasteiger partial charge >= 0.3 is 5.97 Å². The molecule has 2 atom stereocenters. The van der Waals surface area contributed by atoms with Crippen molar-refractivity contribution in [2.75, 3.05) is 7.11 Å². The molecule has 3 nitrogen and oxygen atoms in total. The van der Waals surface area contributed by atoms with Gasteiger partial charge in [-0.05, 0) is 25.5 Å². The molecule has 108 valence electrons. The van der Waals surface area contributed by atoms with E-state index < -0.39 is 0 Å². The molecule has 0 saturated carbocycles. The minimum Gasteiger partial charge on any atom is -0.466 e. The Morgan fingerprint density at radius 3 is 2.75 bits per heavy atom. The average molecular weight is 274 g/mol. The Bertz CT molecular complexity index is 508. The van der Waals surface area contributed by atoms with Crippen LogP contribution in [0.5, 0.6) is 0 Å². The fraction of sp³-hybridized carbons (Fsp3) is 0.412. The van der Waals surface area contributed by atoms with Crippen molar-refractivity contribution in [3.05, 3.63) is 48.1 Å². The summed E-state index contributed by atoms with van der Waals surface area (Å²) in [6, 6.07) is 0. The van der Waals surface area contributed by atoms with Crippen LogP contribution in [0.25, 0.3) is 0 Å². The highest BCUT2D eigenvalue weighted by Gasteiger charge is 2.35. The summed E-state index contributed by atoms with van der Waals surface area (Å²) in [7, 11) is 1.35. The third-order valence-corrected chi connectivity index (χ3v) is 3.71. The van der Waals surface area contributed by atoms with Crippen LogP contribution >= 0.6 is 0 Å². The third-order valence-electron chi connectivity index (χ3n) is 3.71. The van der Waals surface area contributed by atoms with Gasteiger partial charge in [0.2, 0.25) is 0 Å². The second-order valence-corrected chi connectivity index (χ2v) is 5.49. The summed E-state index contributed by atoms with van der Waals surface area (Å²) < 4.78 is 4.59. The predicted octanol–water partition coefficient (Wildman–Crippen LogP) is 3.39. The summed E-state index contributed by atoms with van der Waals surface area (Å²) in [6.45, 7) is 9.68. The molecule has 1 aliphatic carbocycles. The zero-order valence-corrected chi connectivity index (χ0v) is 12.6. The van der Waals surface area contributed by atoms with E-state index >= 15 is 0 Å². The number of hydrogen-bond acceptors (Lipinski definition) is 3. The lowest BCUT2D eigenvalue weighted by molar-refractivity contribution is -0.134. The van der Waals surface area contributed by atoms with Crippen LogP contribution in [0.2, 0.25) is 0 Å². The molecule has 1 unspecified atom stereocenters. The van der Waals surface area contributed by atoms with Gasteiger partial charge in [-0.2, -0.15) is 0 Å². The Balaban J connectivity index is 3.01. The molecule has 0 N–H and O–H groups in total. The molecule has 0 heterocycles. The number of methoxy groups -OCH3 is 1. The van der Waals surface area contributed by atoms with Crippen molar-refractivity contribution in [2.24, 2.45) is 11.3 Å². The largest absolute Gasteiger partial charge is 0.466 e. The maximum Gasteiger partial charge on any atom is 0.330 e. The molecule has 0 aromatic heterocycles. The number of carbonyl (C=O) groups excluding carboxylic acids is 2. The van der Waals surface area contributed by atoms with E-state index in [1.807, 2.05) is 39.0 Å². The summed E-state index contributed by atoms with van der Waals surface area (Å²) in [6.07, 6.45) is 9.35. The summed E-state index contributed by atoms with van der Waals surface area (Å²) in [5.74, 6) is -0.125. The molecular formula is C17H22O3. The van der Waals surface area contributed by atoms with Gasteiger partial charge in [-0.25, -0.2) is 4.79 Å². The molecular weight excluding hydrogens is 252 g/mol. The SMILES string of the molecule is C=C[C@@]1(C)CC(=O)C=C(C)C1/C=C/C(C)=C\C(=O)OC. The number of hydrogen-bond donors (Lipinski definition) is 0. The lowest BCUT2D eigenvalue weighted by Crippen LogP contribution is -2.31. The Morgan fingerprint density at radius 1 is 1.55 bits per heavy atom. The second kappa shape index (κ2) is 6.51. The first-order valence-electron chi connectivity index (χ1n) is 6.61. The molecule has 0 spiro atoms. The average Bonchev–Trinajstić information content (AvgIpc) is 2.37. The maximum absolute atomic E-state index is 11.7. The van der Waals surface area contributed by atoms with E-state index in [-0.39, 0.29) is 23.1 Å². The Labute approximate surface area is 120 Å². The Kier molecular flexibility index (Phi) is 5.26. The predicted molar refractivity (Wildman–Crippen MR) is 80.1 cm³/mol. The molecule has 0 radical (unpaired) electrons. The molecule has 0 aromatic carbocycles. The van der Waals surface area contributed by atoms with Gasteiger partial charge in [0.15, 0.2) is 5.78 Å². The van der Waals surface area contributed by atoms with E-state index in [2.05, 4.69) is 11.3 Å². The second-order valence-electron chi connectivity index (χ2n) is 5.49. The smallest absolute Gasteiger partial charge is 0.330 e. The molecule has 0 fully saturated rings. The van der Waals surface area contributed by atoms with Gasteiger partial charge in [-0.15, -0.1) is 6.58 Å². The quantitative estimate of drug-likeness (QED) is 0.341. The minimum atomic E-state index is -0.371.